The van der Waals surface area contributed by atoms with Crippen molar-refractivity contribution >= 4 is 29.7 Å². The number of nitrogens with one attached hydrogen (secondary N) is 1. The smallest absolute Gasteiger partial charge is 0.412 e. The van der Waals surface area contributed by atoms with Crippen molar-refractivity contribution < 1.29 is 23.7 Å². The maximum Gasteiger partial charge on any atom is 0.412 e. The molecule has 0 fully saturated rings. The fourth-order valence-electron chi connectivity index (χ4n) is 2.58. The minimum Gasteiger partial charge on any atom is -0.493 e. The normalized spacial score (nSPS) is 10.9. The van der Waals surface area contributed by atoms with Crippen LogP contribution in [0.2, 0.25) is 0 Å². The molecule has 0 atom stereocenters. The molecule has 0 aliphatic heterocycles. The zero-order valence-corrected chi connectivity index (χ0v) is 15.9. The lowest BCUT2D eigenvalue weighted by molar-refractivity contribution is 0.187. The molecule has 0 bridgehead atoms. The Labute approximate surface area is 161 Å². The van der Waals surface area contributed by atoms with Crippen LogP contribution >= 0.6 is 0 Å². The molecular formula is C19H20N4O5. The van der Waals surface area contributed by atoms with Gasteiger partial charge in [-0.25, -0.2) is 14.3 Å². The van der Waals surface area contributed by atoms with Gasteiger partial charge >= 0.3 is 6.09 Å². The minimum atomic E-state index is -0.592. The SMILES string of the molecule is COC(=O)Nc1cn2nc(C=Cc3cc(OC)c(OC)c(OC)c3)ccc2n1. The second kappa shape index (κ2) is 8.30. The molecule has 1 aromatic carbocycles. The van der Waals surface area contributed by atoms with Crippen LogP contribution in [-0.2, 0) is 4.74 Å². The highest BCUT2D eigenvalue weighted by Gasteiger charge is 2.12. The number of rotatable bonds is 6. The van der Waals surface area contributed by atoms with Crippen LogP contribution in [0.3, 0.4) is 0 Å². The summed E-state index contributed by atoms with van der Waals surface area (Å²) in [6.45, 7) is 0. The molecule has 2 heterocycles. The standard InChI is InChI=1S/C19H20N4O5/c1-25-14-9-12(10-15(26-2)18(14)27-3)5-6-13-7-8-17-20-16(11-23(17)22-13)21-19(24)28-4/h5-11H,1-4H3,(H,21,24). The van der Waals surface area contributed by atoms with Crippen LogP contribution in [0.1, 0.15) is 11.3 Å². The van der Waals surface area contributed by atoms with Gasteiger partial charge < -0.3 is 18.9 Å². The van der Waals surface area contributed by atoms with Gasteiger partial charge in [0, 0.05) is 0 Å². The lowest BCUT2D eigenvalue weighted by Crippen LogP contribution is -2.10. The third-order valence-electron chi connectivity index (χ3n) is 3.89. The first-order valence-corrected chi connectivity index (χ1v) is 8.27. The number of hydrogen-bond acceptors (Lipinski definition) is 7. The number of carbonyl (C=O) groups excluding carboxylic acids is 1. The summed E-state index contributed by atoms with van der Waals surface area (Å²) in [4.78, 5) is 15.5. The van der Waals surface area contributed by atoms with Gasteiger partial charge in [0.15, 0.2) is 23.0 Å². The van der Waals surface area contributed by atoms with Crippen molar-refractivity contribution in [3.8, 4) is 17.2 Å². The lowest BCUT2D eigenvalue weighted by atomic mass is 10.1. The predicted octanol–water partition coefficient (Wildman–Crippen LogP) is 3.10. The van der Waals surface area contributed by atoms with Gasteiger partial charge in [-0.1, -0.05) is 6.08 Å². The van der Waals surface area contributed by atoms with Gasteiger partial charge in [0.05, 0.1) is 40.3 Å². The zero-order chi connectivity index (χ0) is 20.1. The van der Waals surface area contributed by atoms with Gasteiger partial charge in [-0.15, -0.1) is 0 Å². The van der Waals surface area contributed by atoms with Gasteiger partial charge in [-0.3, -0.25) is 5.32 Å². The Hall–Kier alpha value is -3.75. The van der Waals surface area contributed by atoms with Crippen molar-refractivity contribution in [1.29, 1.82) is 0 Å². The van der Waals surface area contributed by atoms with Crippen LogP contribution in [0.15, 0.2) is 30.5 Å². The molecule has 28 heavy (non-hydrogen) atoms. The maximum absolute atomic E-state index is 11.3. The van der Waals surface area contributed by atoms with E-state index in [4.69, 9.17) is 14.2 Å². The fraction of sp³-hybridized carbons (Fsp3) is 0.211. The second-order valence-electron chi connectivity index (χ2n) is 5.60. The molecule has 146 valence electrons. The van der Waals surface area contributed by atoms with Gasteiger partial charge in [-0.2, -0.15) is 5.10 Å². The van der Waals surface area contributed by atoms with E-state index in [1.54, 1.807) is 38.1 Å². The summed E-state index contributed by atoms with van der Waals surface area (Å²) in [5.74, 6) is 2.02. The lowest BCUT2D eigenvalue weighted by Gasteiger charge is -2.12. The van der Waals surface area contributed by atoms with E-state index in [2.05, 4.69) is 20.1 Å². The molecule has 0 saturated carbocycles. The molecule has 2 aromatic heterocycles. The van der Waals surface area contributed by atoms with E-state index < -0.39 is 6.09 Å². The van der Waals surface area contributed by atoms with E-state index >= 15 is 0 Å². The topological polar surface area (TPSA) is 96.2 Å². The summed E-state index contributed by atoms with van der Waals surface area (Å²) in [6, 6.07) is 7.29. The largest absolute Gasteiger partial charge is 0.493 e. The molecule has 0 unspecified atom stereocenters. The molecule has 3 aromatic rings. The van der Waals surface area contributed by atoms with Gasteiger partial charge in [-0.05, 0) is 35.9 Å². The van der Waals surface area contributed by atoms with E-state index in [9.17, 15) is 4.79 Å². The summed E-state index contributed by atoms with van der Waals surface area (Å²) >= 11 is 0. The van der Waals surface area contributed by atoms with Crippen LogP contribution in [0.25, 0.3) is 17.8 Å². The Kier molecular flexibility index (Phi) is 5.64. The first-order valence-electron chi connectivity index (χ1n) is 8.27. The summed E-state index contributed by atoms with van der Waals surface area (Å²) in [6.07, 6.45) is 4.73. The van der Waals surface area contributed by atoms with E-state index in [1.807, 2.05) is 30.4 Å². The highest BCUT2D eigenvalue weighted by atomic mass is 16.5. The fourth-order valence-corrected chi connectivity index (χ4v) is 2.58. The molecule has 1 amide bonds. The Morgan fingerprint density at radius 1 is 1.04 bits per heavy atom. The third-order valence-corrected chi connectivity index (χ3v) is 3.89. The van der Waals surface area contributed by atoms with Crippen LogP contribution in [0, 0.1) is 0 Å². The Balaban J connectivity index is 1.87. The van der Waals surface area contributed by atoms with E-state index in [0.29, 0.717) is 34.4 Å². The van der Waals surface area contributed by atoms with Crippen LogP contribution in [0.5, 0.6) is 17.2 Å². The van der Waals surface area contributed by atoms with Crippen LogP contribution in [-0.4, -0.2) is 49.1 Å². The summed E-state index contributed by atoms with van der Waals surface area (Å²) in [5, 5.41) is 6.95. The molecule has 0 radical (unpaired) electrons. The number of benzene rings is 1. The highest BCUT2D eigenvalue weighted by Crippen LogP contribution is 2.38. The quantitative estimate of drug-likeness (QED) is 0.697. The van der Waals surface area contributed by atoms with Gasteiger partial charge in [0.1, 0.15) is 0 Å². The molecular weight excluding hydrogens is 364 g/mol. The number of imidazole rings is 1. The van der Waals surface area contributed by atoms with Crippen molar-refractivity contribution in [1.82, 2.24) is 14.6 Å². The average Bonchev–Trinajstić information content (AvgIpc) is 3.12. The average molecular weight is 384 g/mol. The molecule has 0 spiro atoms. The summed E-state index contributed by atoms with van der Waals surface area (Å²) in [5.41, 5.74) is 2.15. The Bertz CT molecular complexity index is 1000. The zero-order valence-electron chi connectivity index (χ0n) is 15.9. The highest BCUT2D eigenvalue weighted by molar-refractivity contribution is 5.83. The number of nitrogens with zero attached hydrogens (tertiary/aromatic N) is 3. The number of carbonyl (C=O) groups is 1. The van der Waals surface area contributed by atoms with Gasteiger partial charge in [0.2, 0.25) is 5.75 Å². The number of ether oxygens (including phenoxy) is 4. The molecule has 9 nitrogen and oxygen atoms in total. The van der Waals surface area contributed by atoms with Crippen molar-refractivity contribution in [3.63, 3.8) is 0 Å². The van der Waals surface area contributed by atoms with Crippen LogP contribution < -0.4 is 19.5 Å². The number of hydrogen-bond donors (Lipinski definition) is 1. The predicted molar refractivity (Wildman–Crippen MR) is 104 cm³/mol. The first kappa shape index (κ1) is 19.0. The third kappa shape index (κ3) is 3.98. The number of methoxy groups -OCH3 is 4. The molecule has 0 aliphatic rings. The molecule has 3 rings (SSSR count). The minimum absolute atomic E-state index is 0.352. The second-order valence-corrected chi connectivity index (χ2v) is 5.60. The summed E-state index contributed by atoms with van der Waals surface area (Å²) < 4.78 is 22.2. The van der Waals surface area contributed by atoms with E-state index in [-0.39, 0.29) is 0 Å². The van der Waals surface area contributed by atoms with Crippen molar-refractivity contribution in [2.75, 3.05) is 33.8 Å². The monoisotopic (exact) mass is 384 g/mol. The number of amides is 1. The first-order chi connectivity index (χ1) is 13.6. The van der Waals surface area contributed by atoms with Crippen LogP contribution in [0.4, 0.5) is 10.6 Å². The van der Waals surface area contributed by atoms with Gasteiger partial charge in [0.25, 0.3) is 0 Å². The Morgan fingerprint density at radius 2 is 1.75 bits per heavy atom. The Morgan fingerprint density at radius 3 is 2.36 bits per heavy atom. The number of fused-ring (bicyclic) bond motifs is 1. The van der Waals surface area contributed by atoms with Crippen molar-refractivity contribution in [3.05, 3.63) is 41.7 Å². The molecule has 0 aliphatic carbocycles. The number of anilines is 1. The van der Waals surface area contributed by atoms with Crippen molar-refractivity contribution in [2.24, 2.45) is 0 Å². The van der Waals surface area contributed by atoms with Crippen molar-refractivity contribution in [2.45, 2.75) is 0 Å². The molecule has 9 heteroatoms. The maximum atomic E-state index is 11.3. The summed E-state index contributed by atoms with van der Waals surface area (Å²) in [7, 11) is 5.98. The van der Waals surface area contributed by atoms with E-state index in [1.165, 1.54) is 7.11 Å². The van der Waals surface area contributed by atoms with E-state index in [0.717, 1.165) is 5.56 Å². The number of aromatic nitrogens is 3. The molecule has 1 N–H and O–H groups in total. The molecule has 0 saturated heterocycles.